The molecule has 0 aliphatic heterocycles. The van der Waals surface area contributed by atoms with Crippen LogP contribution in [0.25, 0.3) is 122 Å². The summed E-state index contributed by atoms with van der Waals surface area (Å²) >= 11 is 0. The molecule has 0 spiro atoms. The zero-order valence-electron chi connectivity index (χ0n) is 29.3. The second-order valence-electron chi connectivity index (χ2n) is 14.1. The molecule has 0 amide bonds. The second-order valence-corrected chi connectivity index (χ2v) is 14.1. The first kappa shape index (κ1) is 29.5. The van der Waals surface area contributed by atoms with Gasteiger partial charge in [-0.15, -0.1) is 0 Å². The van der Waals surface area contributed by atoms with Crippen LogP contribution in [0.4, 0.5) is 0 Å². The molecule has 10 nitrogen and oxygen atoms in total. The smallest absolute Gasteiger partial charge is 0.116 e. The highest BCUT2D eigenvalue weighted by molar-refractivity contribution is 6.28. The molecule has 10 heteroatoms. The molecule has 258 valence electrons. The van der Waals surface area contributed by atoms with Gasteiger partial charge < -0.3 is 8.80 Å². The molecule has 0 atom stereocenters. The molecule has 0 radical (unpaired) electrons. The average Bonchev–Trinajstić information content (AvgIpc) is 3.99. The largest absolute Gasteiger partial charge is 0.305 e. The van der Waals surface area contributed by atoms with Gasteiger partial charge >= 0.3 is 0 Å². The number of pyridine rings is 8. The average molecular weight is 717 g/mol. The molecule has 13 rings (SSSR count). The van der Waals surface area contributed by atoms with Crippen LogP contribution >= 0.6 is 0 Å². The van der Waals surface area contributed by atoms with Gasteiger partial charge in [0.25, 0.3) is 0 Å². The zero-order chi connectivity index (χ0) is 36.5. The van der Waals surface area contributed by atoms with Crippen LogP contribution in [0.1, 0.15) is 0 Å². The van der Waals surface area contributed by atoms with Crippen molar-refractivity contribution in [1.82, 2.24) is 48.7 Å². The summed E-state index contributed by atoms with van der Waals surface area (Å²) in [6.07, 6.45) is 14.4. The fraction of sp³-hybridized carbons (Fsp3) is 0. The van der Waals surface area contributed by atoms with Crippen LogP contribution in [-0.2, 0) is 0 Å². The molecule has 12 heterocycles. The first-order chi connectivity index (χ1) is 27.8. The molecule has 0 bridgehead atoms. The predicted octanol–water partition coefficient (Wildman–Crippen LogP) is 9.81. The van der Waals surface area contributed by atoms with Crippen LogP contribution in [0.5, 0.6) is 0 Å². The Bertz CT molecular complexity index is 3440. The van der Waals surface area contributed by atoms with Crippen molar-refractivity contribution >= 4 is 76.7 Å². The minimum absolute atomic E-state index is 0.855. The number of hydrogen-bond donors (Lipinski definition) is 0. The van der Waals surface area contributed by atoms with E-state index in [1.54, 1.807) is 24.8 Å². The summed E-state index contributed by atoms with van der Waals surface area (Å²) in [5, 5.41) is 4.52. The molecule has 0 saturated heterocycles. The van der Waals surface area contributed by atoms with E-state index in [9.17, 15) is 0 Å². The van der Waals surface area contributed by atoms with E-state index in [1.807, 2.05) is 73.3 Å². The van der Waals surface area contributed by atoms with E-state index in [1.165, 1.54) is 0 Å². The van der Waals surface area contributed by atoms with Crippen molar-refractivity contribution in [3.63, 3.8) is 0 Å². The van der Waals surface area contributed by atoms with E-state index in [4.69, 9.17) is 19.9 Å². The summed E-state index contributed by atoms with van der Waals surface area (Å²) in [5.41, 5.74) is 17.2. The number of benzene rings is 1. The summed E-state index contributed by atoms with van der Waals surface area (Å²) in [5.74, 6) is 0. The summed E-state index contributed by atoms with van der Waals surface area (Å²) < 4.78 is 4.68. The Morgan fingerprint density at radius 3 is 1.04 bits per heavy atom. The number of aromatic nitrogens is 10. The SMILES string of the molecule is c1cc(-c2ccc3c(n2)c2nc(-c4ccncc4)cc4c5cc6c7cc(-c8ccncc8)nc8c9nc(-c%10ccncc%10)ccc9n(c6cc5n3c42)c78)ccn1. The molecular formula is C46H24N10. The minimum Gasteiger partial charge on any atom is -0.305 e. The van der Waals surface area contributed by atoms with Crippen LogP contribution in [0.15, 0.2) is 147 Å². The van der Waals surface area contributed by atoms with Crippen molar-refractivity contribution in [3.8, 4) is 45.0 Å². The number of hydrogen-bond acceptors (Lipinski definition) is 8. The van der Waals surface area contributed by atoms with E-state index in [-0.39, 0.29) is 0 Å². The van der Waals surface area contributed by atoms with Crippen LogP contribution in [0.2, 0.25) is 0 Å². The van der Waals surface area contributed by atoms with Crippen molar-refractivity contribution in [1.29, 1.82) is 0 Å². The predicted molar refractivity (Wildman–Crippen MR) is 220 cm³/mol. The second kappa shape index (κ2) is 10.8. The molecule has 0 aliphatic carbocycles. The van der Waals surface area contributed by atoms with E-state index < -0.39 is 0 Å². The van der Waals surface area contributed by atoms with Gasteiger partial charge in [-0.3, -0.25) is 19.9 Å². The Morgan fingerprint density at radius 2 is 0.643 bits per heavy atom. The molecular weight excluding hydrogens is 693 g/mol. The van der Waals surface area contributed by atoms with Gasteiger partial charge in [0, 0.05) is 93.4 Å². The van der Waals surface area contributed by atoms with E-state index in [0.29, 0.717) is 0 Å². The lowest BCUT2D eigenvalue weighted by Gasteiger charge is -2.05. The van der Waals surface area contributed by atoms with Crippen LogP contribution in [0.3, 0.4) is 0 Å². The summed E-state index contributed by atoms with van der Waals surface area (Å²) in [7, 11) is 0. The van der Waals surface area contributed by atoms with Gasteiger partial charge in [0.05, 0.1) is 55.9 Å². The Labute approximate surface area is 316 Å². The third-order valence-electron chi connectivity index (χ3n) is 11.2. The molecule has 0 saturated carbocycles. The highest BCUT2D eigenvalue weighted by Gasteiger charge is 2.26. The van der Waals surface area contributed by atoms with Gasteiger partial charge in [-0.1, -0.05) is 0 Å². The van der Waals surface area contributed by atoms with Crippen molar-refractivity contribution in [2.45, 2.75) is 0 Å². The first-order valence-corrected chi connectivity index (χ1v) is 18.3. The maximum atomic E-state index is 5.32. The summed E-state index contributed by atoms with van der Waals surface area (Å²) in [4.78, 5) is 38.2. The molecule has 13 aromatic rings. The molecule has 0 unspecified atom stereocenters. The molecule has 0 N–H and O–H groups in total. The van der Waals surface area contributed by atoms with Gasteiger partial charge in [0.1, 0.15) is 22.1 Å². The fourth-order valence-corrected chi connectivity index (χ4v) is 8.71. The van der Waals surface area contributed by atoms with Crippen LogP contribution < -0.4 is 0 Å². The standard InChI is InChI=1S/C46H24N10/c1-3-37-41(51-33(1)25-5-13-47-14-6-25)43-45-31(22-35(53-43)27-9-17-49-18-10-27)29-21-30-32-23-36(28-11-19-50-20-12-28)54-44-42-38(4-2-34(52-42)26-7-15-48-16-8-26)56(46(32)44)40(30)24-39(29)55(37)45/h1-24H. The highest BCUT2D eigenvalue weighted by Crippen LogP contribution is 2.45. The van der Waals surface area contributed by atoms with Gasteiger partial charge in [0.15, 0.2) is 0 Å². The maximum Gasteiger partial charge on any atom is 0.116 e. The highest BCUT2D eigenvalue weighted by atomic mass is 15.0. The minimum atomic E-state index is 0.855. The zero-order valence-corrected chi connectivity index (χ0v) is 29.3. The quantitative estimate of drug-likeness (QED) is 0.177. The number of fused-ring (bicyclic) bond motifs is 12. The van der Waals surface area contributed by atoms with Crippen LogP contribution in [0, 0.1) is 0 Å². The van der Waals surface area contributed by atoms with Gasteiger partial charge in [-0.05, 0) is 97.1 Å². The Balaban J connectivity index is 1.18. The Hall–Kier alpha value is -7.98. The lowest BCUT2D eigenvalue weighted by Crippen LogP contribution is -1.89. The number of nitrogens with zero attached hydrogens (tertiary/aromatic N) is 10. The molecule has 0 aliphatic rings. The van der Waals surface area contributed by atoms with Crippen molar-refractivity contribution in [3.05, 3.63) is 147 Å². The lowest BCUT2D eigenvalue weighted by atomic mass is 10.0. The normalized spacial score (nSPS) is 12.3. The number of rotatable bonds is 4. The molecule has 12 aromatic heterocycles. The summed E-state index contributed by atoms with van der Waals surface area (Å²) in [6.45, 7) is 0. The van der Waals surface area contributed by atoms with Gasteiger partial charge in [-0.25, -0.2) is 19.9 Å². The van der Waals surface area contributed by atoms with Crippen molar-refractivity contribution in [2.75, 3.05) is 0 Å². The van der Waals surface area contributed by atoms with E-state index >= 15 is 0 Å². The topological polar surface area (TPSA) is 112 Å². The maximum absolute atomic E-state index is 5.32. The third kappa shape index (κ3) is 3.93. The molecule has 56 heavy (non-hydrogen) atoms. The Kier molecular flexibility index (Phi) is 5.68. The third-order valence-corrected chi connectivity index (χ3v) is 11.2. The lowest BCUT2D eigenvalue weighted by molar-refractivity contribution is 1.30. The fourth-order valence-electron chi connectivity index (χ4n) is 8.71. The first-order valence-electron chi connectivity index (χ1n) is 18.3. The Morgan fingerprint density at radius 1 is 0.286 bits per heavy atom. The van der Waals surface area contributed by atoms with Crippen molar-refractivity contribution < 1.29 is 0 Å². The van der Waals surface area contributed by atoms with Gasteiger partial charge in [-0.2, -0.15) is 0 Å². The molecule has 1 aromatic carbocycles. The molecule has 0 fully saturated rings. The van der Waals surface area contributed by atoms with Crippen LogP contribution in [-0.4, -0.2) is 48.7 Å². The summed E-state index contributed by atoms with van der Waals surface area (Å²) in [6, 6.07) is 33.6. The monoisotopic (exact) mass is 716 g/mol. The van der Waals surface area contributed by atoms with Crippen molar-refractivity contribution in [2.24, 2.45) is 0 Å². The van der Waals surface area contributed by atoms with E-state index in [0.717, 1.165) is 122 Å². The van der Waals surface area contributed by atoms with Gasteiger partial charge in [0.2, 0.25) is 0 Å². The van der Waals surface area contributed by atoms with E-state index in [2.05, 4.69) is 77.3 Å².